The van der Waals surface area contributed by atoms with E-state index in [1.807, 2.05) is 6.92 Å². The number of nitrogens with zero attached hydrogens (tertiary/aromatic N) is 1. The standard InChI is InChI=1S/C13H16FNO3/c1-9-8-18-11(7-17)5-15(9)13-10(6-16)3-2-4-12(13)14/h2-4,6,9,11,17H,5,7-8H2,1H3. The van der Waals surface area contributed by atoms with Gasteiger partial charge in [0.1, 0.15) is 5.82 Å². The molecule has 1 fully saturated rings. The predicted molar refractivity (Wildman–Crippen MR) is 65.4 cm³/mol. The lowest BCUT2D eigenvalue weighted by atomic mass is 10.1. The van der Waals surface area contributed by atoms with Gasteiger partial charge in [0.2, 0.25) is 0 Å². The number of ether oxygens (including phenoxy) is 1. The fourth-order valence-electron chi connectivity index (χ4n) is 2.17. The van der Waals surface area contributed by atoms with E-state index < -0.39 is 5.82 Å². The second-order valence-electron chi connectivity index (χ2n) is 4.43. The van der Waals surface area contributed by atoms with E-state index in [0.29, 0.717) is 30.7 Å². The van der Waals surface area contributed by atoms with Crippen LogP contribution in [0.2, 0.25) is 0 Å². The lowest BCUT2D eigenvalue weighted by Gasteiger charge is -2.39. The molecular weight excluding hydrogens is 237 g/mol. The van der Waals surface area contributed by atoms with Gasteiger partial charge in [0.05, 0.1) is 25.0 Å². The van der Waals surface area contributed by atoms with Crippen LogP contribution in [0.3, 0.4) is 0 Å². The Morgan fingerprint density at radius 1 is 1.61 bits per heavy atom. The van der Waals surface area contributed by atoms with Crippen LogP contribution in [0.1, 0.15) is 17.3 Å². The summed E-state index contributed by atoms with van der Waals surface area (Å²) < 4.78 is 19.3. The van der Waals surface area contributed by atoms with E-state index in [9.17, 15) is 9.18 Å². The third-order valence-corrected chi connectivity index (χ3v) is 3.14. The topological polar surface area (TPSA) is 49.8 Å². The molecule has 2 atom stereocenters. The van der Waals surface area contributed by atoms with Crippen molar-refractivity contribution in [3.63, 3.8) is 0 Å². The van der Waals surface area contributed by atoms with Crippen LogP contribution in [0.15, 0.2) is 18.2 Å². The molecule has 18 heavy (non-hydrogen) atoms. The SMILES string of the molecule is CC1COC(CO)CN1c1c(F)cccc1C=O. The highest BCUT2D eigenvalue weighted by atomic mass is 19.1. The van der Waals surface area contributed by atoms with Gasteiger partial charge in [-0.1, -0.05) is 6.07 Å². The summed E-state index contributed by atoms with van der Waals surface area (Å²) in [4.78, 5) is 12.8. The number of hydrogen-bond donors (Lipinski definition) is 1. The average Bonchev–Trinajstić information content (AvgIpc) is 2.39. The Kier molecular flexibility index (Phi) is 3.93. The summed E-state index contributed by atoms with van der Waals surface area (Å²) in [6, 6.07) is 4.39. The zero-order chi connectivity index (χ0) is 13.1. The van der Waals surface area contributed by atoms with Crippen molar-refractivity contribution in [1.82, 2.24) is 0 Å². The number of benzene rings is 1. The maximum absolute atomic E-state index is 13.9. The molecule has 0 aromatic heterocycles. The van der Waals surface area contributed by atoms with Crippen LogP contribution in [-0.4, -0.2) is 43.3 Å². The first kappa shape index (κ1) is 13.0. The summed E-state index contributed by atoms with van der Waals surface area (Å²) in [7, 11) is 0. The largest absolute Gasteiger partial charge is 0.394 e. The second kappa shape index (κ2) is 5.46. The minimum Gasteiger partial charge on any atom is -0.394 e. The Morgan fingerprint density at radius 2 is 2.39 bits per heavy atom. The molecule has 0 spiro atoms. The van der Waals surface area contributed by atoms with Crippen molar-refractivity contribution >= 4 is 12.0 Å². The molecule has 0 aliphatic carbocycles. The van der Waals surface area contributed by atoms with E-state index in [0.717, 1.165) is 0 Å². The zero-order valence-corrected chi connectivity index (χ0v) is 10.2. The molecule has 2 unspecified atom stereocenters. The molecule has 0 amide bonds. The monoisotopic (exact) mass is 253 g/mol. The first-order valence-electron chi connectivity index (χ1n) is 5.90. The number of morpholine rings is 1. The maximum Gasteiger partial charge on any atom is 0.152 e. The Morgan fingerprint density at radius 3 is 3.06 bits per heavy atom. The normalized spacial score (nSPS) is 24.1. The second-order valence-corrected chi connectivity index (χ2v) is 4.43. The third-order valence-electron chi connectivity index (χ3n) is 3.14. The summed E-state index contributed by atoms with van der Waals surface area (Å²) >= 11 is 0. The van der Waals surface area contributed by atoms with E-state index in [1.165, 1.54) is 12.1 Å². The number of aldehydes is 1. The summed E-state index contributed by atoms with van der Waals surface area (Å²) in [5.41, 5.74) is 0.613. The Bertz CT molecular complexity index is 438. The van der Waals surface area contributed by atoms with Crippen LogP contribution >= 0.6 is 0 Å². The van der Waals surface area contributed by atoms with Crippen molar-refractivity contribution in [2.45, 2.75) is 19.1 Å². The molecule has 1 aromatic rings. The fourth-order valence-corrected chi connectivity index (χ4v) is 2.17. The Hall–Kier alpha value is -1.46. The number of carbonyl (C=O) groups excluding carboxylic acids is 1. The van der Waals surface area contributed by atoms with Gasteiger partial charge in [-0.2, -0.15) is 0 Å². The summed E-state index contributed by atoms with van der Waals surface area (Å²) in [6.45, 7) is 2.56. The quantitative estimate of drug-likeness (QED) is 0.823. The molecule has 1 saturated heterocycles. The highest BCUT2D eigenvalue weighted by molar-refractivity contribution is 5.85. The molecule has 1 N–H and O–H groups in total. The molecule has 98 valence electrons. The molecule has 1 heterocycles. The lowest BCUT2D eigenvalue weighted by Crippen LogP contribution is -2.50. The summed E-state index contributed by atoms with van der Waals surface area (Å²) in [5, 5.41) is 9.12. The van der Waals surface area contributed by atoms with Crippen molar-refractivity contribution in [1.29, 1.82) is 0 Å². The minimum absolute atomic E-state index is 0.0385. The van der Waals surface area contributed by atoms with Crippen LogP contribution < -0.4 is 4.90 Å². The molecular formula is C13H16FNO3. The van der Waals surface area contributed by atoms with Crippen LogP contribution in [0.5, 0.6) is 0 Å². The van der Waals surface area contributed by atoms with E-state index in [1.54, 1.807) is 11.0 Å². The number of anilines is 1. The molecule has 1 aliphatic rings. The number of aliphatic hydroxyl groups is 1. The van der Waals surface area contributed by atoms with Gasteiger partial charge in [-0.25, -0.2) is 4.39 Å². The highest BCUT2D eigenvalue weighted by Gasteiger charge is 2.28. The lowest BCUT2D eigenvalue weighted by molar-refractivity contribution is -0.0105. The molecule has 1 aromatic carbocycles. The van der Waals surface area contributed by atoms with Crippen molar-refractivity contribution in [2.24, 2.45) is 0 Å². The smallest absolute Gasteiger partial charge is 0.152 e. The Balaban J connectivity index is 2.37. The maximum atomic E-state index is 13.9. The number of halogens is 1. The molecule has 2 rings (SSSR count). The van der Waals surface area contributed by atoms with Crippen molar-refractivity contribution in [2.75, 3.05) is 24.7 Å². The third kappa shape index (κ3) is 2.37. The van der Waals surface area contributed by atoms with Gasteiger partial charge in [0.25, 0.3) is 0 Å². The number of aliphatic hydroxyl groups excluding tert-OH is 1. The molecule has 5 heteroatoms. The first-order chi connectivity index (χ1) is 8.67. The molecule has 4 nitrogen and oxygen atoms in total. The Labute approximate surface area is 105 Å². The van der Waals surface area contributed by atoms with Gasteiger partial charge < -0.3 is 14.7 Å². The van der Waals surface area contributed by atoms with Crippen LogP contribution in [0, 0.1) is 5.82 Å². The van der Waals surface area contributed by atoms with Gasteiger partial charge in [-0.3, -0.25) is 4.79 Å². The molecule has 0 radical (unpaired) electrons. The van der Waals surface area contributed by atoms with Crippen molar-refractivity contribution < 1.29 is 19.0 Å². The molecule has 0 bridgehead atoms. The fraction of sp³-hybridized carbons (Fsp3) is 0.462. The van der Waals surface area contributed by atoms with Gasteiger partial charge in [0.15, 0.2) is 6.29 Å². The minimum atomic E-state index is -0.426. The molecule has 1 aliphatic heterocycles. The molecule has 0 saturated carbocycles. The number of rotatable bonds is 3. The number of carbonyl (C=O) groups is 1. The van der Waals surface area contributed by atoms with Gasteiger partial charge >= 0.3 is 0 Å². The van der Waals surface area contributed by atoms with Crippen molar-refractivity contribution in [3.8, 4) is 0 Å². The van der Waals surface area contributed by atoms with E-state index in [-0.39, 0.29) is 18.8 Å². The number of hydrogen-bond acceptors (Lipinski definition) is 4. The average molecular weight is 253 g/mol. The van der Waals surface area contributed by atoms with Gasteiger partial charge in [-0.15, -0.1) is 0 Å². The summed E-state index contributed by atoms with van der Waals surface area (Å²) in [6.07, 6.45) is 0.300. The zero-order valence-electron chi connectivity index (χ0n) is 10.2. The number of para-hydroxylation sites is 1. The summed E-state index contributed by atoms with van der Waals surface area (Å²) in [5.74, 6) is -0.426. The van der Waals surface area contributed by atoms with Gasteiger partial charge in [-0.05, 0) is 19.1 Å². The van der Waals surface area contributed by atoms with E-state index >= 15 is 0 Å². The van der Waals surface area contributed by atoms with Crippen LogP contribution in [0.4, 0.5) is 10.1 Å². The van der Waals surface area contributed by atoms with Gasteiger partial charge in [0, 0.05) is 18.2 Å². The predicted octanol–water partition coefficient (Wildman–Crippen LogP) is 1.22. The highest BCUT2D eigenvalue weighted by Crippen LogP contribution is 2.27. The van der Waals surface area contributed by atoms with Crippen LogP contribution in [-0.2, 0) is 4.74 Å². The van der Waals surface area contributed by atoms with Crippen LogP contribution in [0.25, 0.3) is 0 Å². The first-order valence-corrected chi connectivity index (χ1v) is 5.90. The van der Waals surface area contributed by atoms with E-state index in [2.05, 4.69) is 0 Å². The van der Waals surface area contributed by atoms with E-state index in [4.69, 9.17) is 9.84 Å². The van der Waals surface area contributed by atoms with Crippen molar-refractivity contribution in [3.05, 3.63) is 29.6 Å².